The van der Waals surface area contributed by atoms with Crippen LogP contribution in [-0.4, -0.2) is 41.6 Å². The van der Waals surface area contributed by atoms with Gasteiger partial charge in [-0.05, 0) is 25.1 Å². The van der Waals surface area contributed by atoms with E-state index in [9.17, 15) is 4.39 Å². The quantitative estimate of drug-likeness (QED) is 0.903. The zero-order chi connectivity index (χ0) is 13.0. The SMILES string of the molecule is CC1SCCN(CCNc2cccc(F)c2)C1C. The van der Waals surface area contributed by atoms with E-state index in [1.54, 1.807) is 6.07 Å². The van der Waals surface area contributed by atoms with Crippen LogP contribution in [0.2, 0.25) is 0 Å². The van der Waals surface area contributed by atoms with Gasteiger partial charge in [0.2, 0.25) is 0 Å². The second-order valence-corrected chi connectivity index (χ2v) is 6.27. The van der Waals surface area contributed by atoms with Crippen molar-refractivity contribution in [1.29, 1.82) is 0 Å². The third-order valence-electron chi connectivity index (χ3n) is 3.57. The third-order valence-corrected chi connectivity index (χ3v) is 4.91. The van der Waals surface area contributed by atoms with E-state index in [1.807, 2.05) is 6.07 Å². The molecule has 1 saturated heterocycles. The lowest BCUT2D eigenvalue weighted by Gasteiger charge is -2.37. The number of thioether (sulfide) groups is 1. The second-order valence-electron chi connectivity index (χ2n) is 4.79. The van der Waals surface area contributed by atoms with E-state index >= 15 is 0 Å². The van der Waals surface area contributed by atoms with E-state index in [-0.39, 0.29) is 5.82 Å². The lowest BCUT2D eigenvalue weighted by atomic mass is 10.2. The smallest absolute Gasteiger partial charge is 0.125 e. The maximum Gasteiger partial charge on any atom is 0.125 e. The normalized spacial score (nSPS) is 25.1. The zero-order valence-corrected chi connectivity index (χ0v) is 11.8. The van der Waals surface area contributed by atoms with E-state index in [1.165, 1.54) is 17.9 Å². The molecule has 1 aromatic carbocycles. The molecule has 0 bridgehead atoms. The summed E-state index contributed by atoms with van der Waals surface area (Å²) in [6, 6.07) is 7.27. The molecule has 0 radical (unpaired) electrons. The Labute approximate surface area is 113 Å². The van der Waals surface area contributed by atoms with Crippen LogP contribution in [-0.2, 0) is 0 Å². The minimum absolute atomic E-state index is 0.184. The molecule has 0 aromatic heterocycles. The van der Waals surface area contributed by atoms with Gasteiger partial charge in [-0.3, -0.25) is 4.90 Å². The second kappa shape index (κ2) is 6.43. The molecule has 0 aliphatic carbocycles. The lowest BCUT2D eigenvalue weighted by molar-refractivity contribution is 0.221. The van der Waals surface area contributed by atoms with Crippen LogP contribution in [0.5, 0.6) is 0 Å². The van der Waals surface area contributed by atoms with Crippen LogP contribution in [0.3, 0.4) is 0 Å². The number of anilines is 1. The molecule has 1 N–H and O–H groups in total. The van der Waals surface area contributed by atoms with E-state index in [0.717, 1.165) is 25.3 Å². The lowest BCUT2D eigenvalue weighted by Crippen LogP contribution is -2.46. The molecule has 1 heterocycles. The van der Waals surface area contributed by atoms with Gasteiger partial charge in [0, 0.05) is 42.4 Å². The molecule has 18 heavy (non-hydrogen) atoms. The monoisotopic (exact) mass is 268 g/mol. The number of halogens is 1. The topological polar surface area (TPSA) is 15.3 Å². The predicted octanol–water partition coefficient (Wildman–Crippen LogP) is 3.06. The minimum Gasteiger partial charge on any atom is -0.384 e. The fourth-order valence-electron chi connectivity index (χ4n) is 2.25. The summed E-state index contributed by atoms with van der Waals surface area (Å²) >= 11 is 2.05. The van der Waals surface area contributed by atoms with Crippen molar-refractivity contribution in [3.8, 4) is 0 Å². The summed E-state index contributed by atoms with van der Waals surface area (Å²) in [6.45, 7) is 7.62. The van der Waals surface area contributed by atoms with Crippen LogP contribution in [0, 0.1) is 5.82 Å². The molecule has 0 spiro atoms. The third kappa shape index (κ3) is 3.62. The first-order valence-corrected chi connectivity index (χ1v) is 7.57. The van der Waals surface area contributed by atoms with Gasteiger partial charge in [-0.15, -0.1) is 0 Å². The van der Waals surface area contributed by atoms with Gasteiger partial charge >= 0.3 is 0 Å². The van der Waals surface area contributed by atoms with Gasteiger partial charge in [-0.25, -0.2) is 4.39 Å². The molecule has 2 atom stereocenters. The number of benzene rings is 1. The highest BCUT2D eigenvalue weighted by Crippen LogP contribution is 2.23. The van der Waals surface area contributed by atoms with Gasteiger partial charge in [-0.2, -0.15) is 11.8 Å². The average molecular weight is 268 g/mol. The zero-order valence-electron chi connectivity index (χ0n) is 11.0. The van der Waals surface area contributed by atoms with Gasteiger partial charge < -0.3 is 5.32 Å². The van der Waals surface area contributed by atoms with Crippen LogP contribution in [0.15, 0.2) is 24.3 Å². The van der Waals surface area contributed by atoms with Crippen LogP contribution >= 0.6 is 11.8 Å². The van der Waals surface area contributed by atoms with Crippen molar-refractivity contribution >= 4 is 17.4 Å². The number of nitrogens with zero attached hydrogens (tertiary/aromatic N) is 1. The Hall–Kier alpha value is -0.740. The van der Waals surface area contributed by atoms with Crippen molar-refractivity contribution in [1.82, 2.24) is 4.90 Å². The first kappa shape index (κ1) is 13.7. The highest BCUT2D eigenvalue weighted by molar-refractivity contribution is 8.00. The van der Waals surface area contributed by atoms with E-state index < -0.39 is 0 Å². The van der Waals surface area contributed by atoms with Gasteiger partial charge in [0.05, 0.1) is 0 Å². The molecular weight excluding hydrogens is 247 g/mol. The average Bonchev–Trinajstić information content (AvgIpc) is 2.35. The predicted molar refractivity (Wildman–Crippen MR) is 77.8 cm³/mol. The molecule has 1 fully saturated rings. The van der Waals surface area contributed by atoms with Crippen LogP contribution in [0.25, 0.3) is 0 Å². The molecule has 2 rings (SSSR count). The van der Waals surface area contributed by atoms with Crippen LogP contribution in [0.1, 0.15) is 13.8 Å². The van der Waals surface area contributed by atoms with Crippen molar-refractivity contribution in [3.05, 3.63) is 30.1 Å². The number of hydrogen-bond donors (Lipinski definition) is 1. The van der Waals surface area contributed by atoms with Crippen molar-refractivity contribution < 1.29 is 4.39 Å². The molecule has 100 valence electrons. The molecule has 1 aliphatic heterocycles. The number of nitrogens with one attached hydrogen (secondary N) is 1. The largest absolute Gasteiger partial charge is 0.384 e. The van der Waals surface area contributed by atoms with Gasteiger partial charge in [-0.1, -0.05) is 13.0 Å². The summed E-state index contributed by atoms with van der Waals surface area (Å²) in [5.41, 5.74) is 0.863. The standard InChI is InChI=1S/C14H21FN2S/c1-11-12(2)18-9-8-17(11)7-6-16-14-5-3-4-13(15)10-14/h3-5,10-12,16H,6-9H2,1-2H3. The summed E-state index contributed by atoms with van der Waals surface area (Å²) in [5, 5.41) is 3.98. The van der Waals surface area contributed by atoms with Crippen LogP contribution in [0.4, 0.5) is 10.1 Å². The van der Waals surface area contributed by atoms with Gasteiger partial charge in [0.15, 0.2) is 0 Å². The molecule has 1 aromatic rings. The Morgan fingerprint density at radius 2 is 2.28 bits per heavy atom. The van der Waals surface area contributed by atoms with Crippen molar-refractivity contribution in [2.24, 2.45) is 0 Å². The number of rotatable bonds is 4. The highest BCUT2D eigenvalue weighted by Gasteiger charge is 2.24. The maximum atomic E-state index is 13.0. The van der Waals surface area contributed by atoms with E-state index in [0.29, 0.717) is 11.3 Å². The minimum atomic E-state index is -0.184. The highest BCUT2D eigenvalue weighted by atomic mass is 32.2. The summed E-state index contributed by atoms with van der Waals surface area (Å²) in [5.74, 6) is 1.03. The van der Waals surface area contributed by atoms with Gasteiger partial charge in [0.1, 0.15) is 5.82 Å². The Kier molecular flexibility index (Phi) is 4.89. The molecule has 0 amide bonds. The summed E-state index contributed by atoms with van der Waals surface area (Å²) < 4.78 is 13.0. The number of hydrogen-bond acceptors (Lipinski definition) is 3. The van der Waals surface area contributed by atoms with Crippen molar-refractivity contribution in [2.45, 2.75) is 25.1 Å². The summed E-state index contributed by atoms with van der Waals surface area (Å²) in [7, 11) is 0. The molecule has 1 aliphatic rings. The van der Waals surface area contributed by atoms with Crippen molar-refractivity contribution in [3.63, 3.8) is 0 Å². The fraction of sp³-hybridized carbons (Fsp3) is 0.571. The Balaban J connectivity index is 1.78. The summed E-state index contributed by atoms with van der Waals surface area (Å²) in [6.07, 6.45) is 0. The fourth-order valence-corrected chi connectivity index (χ4v) is 3.42. The van der Waals surface area contributed by atoms with E-state index in [2.05, 4.69) is 35.8 Å². The molecule has 4 heteroatoms. The molecule has 2 unspecified atom stereocenters. The Bertz CT molecular complexity index is 386. The molecular formula is C14H21FN2S. The molecule has 0 saturated carbocycles. The maximum absolute atomic E-state index is 13.0. The van der Waals surface area contributed by atoms with E-state index in [4.69, 9.17) is 0 Å². The Morgan fingerprint density at radius 1 is 1.44 bits per heavy atom. The molecule has 2 nitrogen and oxygen atoms in total. The Morgan fingerprint density at radius 3 is 3.06 bits per heavy atom. The van der Waals surface area contributed by atoms with Crippen molar-refractivity contribution in [2.75, 3.05) is 30.7 Å². The van der Waals surface area contributed by atoms with Gasteiger partial charge in [0.25, 0.3) is 0 Å². The first-order chi connectivity index (χ1) is 8.66. The summed E-state index contributed by atoms with van der Waals surface area (Å²) in [4.78, 5) is 2.51. The first-order valence-electron chi connectivity index (χ1n) is 6.52. The van der Waals surface area contributed by atoms with Crippen LogP contribution < -0.4 is 5.32 Å².